The molecule has 1 aromatic heterocycles. The first kappa shape index (κ1) is 18.4. The molecular formula is C22H27N3O. The highest BCUT2D eigenvalue weighted by molar-refractivity contribution is 5.30. The maximum Gasteiger partial charge on any atom is 0.148 e. The van der Waals surface area contributed by atoms with E-state index in [1.807, 2.05) is 24.4 Å². The maximum atomic E-state index is 5.53. The standard InChI is InChI=1S/C22H27N3O/c1-3-15-26-22-9-6-7-19(16-22)18(2)24-20-10-13-25(14-11-20)17-21-8-4-5-12-23-21/h1,4-9,12,16,18,20,24H,10-11,13-15,17H2,2H3. The number of piperidine rings is 1. The van der Waals surface area contributed by atoms with Crippen LogP contribution in [0.15, 0.2) is 48.7 Å². The molecule has 136 valence electrons. The van der Waals surface area contributed by atoms with Crippen LogP contribution in [-0.2, 0) is 6.54 Å². The van der Waals surface area contributed by atoms with Gasteiger partial charge in [-0.2, -0.15) is 0 Å². The number of benzene rings is 1. The third-order valence-corrected chi connectivity index (χ3v) is 4.87. The van der Waals surface area contributed by atoms with E-state index in [0.29, 0.717) is 12.6 Å². The smallest absolute Gasteiger partial charge is 0.148 e. The van der Waals surface area contributed by atoms with E-state index in [0.717, 1.165) is 43.9 Å². The van der Waals surface area contributed by atoms with Crippen LogP contribution in [0.4, 0.5) is 0 Å². The summed E-state index contributed by atoms with van der Waals surface area (Å²) in [5, 5.41) is 3.76. The van der Waals surface area contributed by atoms with Crippen LogP contribution in [0.25, 0.3) is 0 Å². The van der Waals surface area contributed by atoms with Crippen molar-refractivity contribution in [3.63, 3.8) is 0 Å². The van der Waals surface area contributed by atoms with Gasteiger partial charge < -0.3 is 10.1 Å². The molecule has 1 atom stereocenters. The highest BCUT2D eigenvalue weighted by atomic mass is 16.5. The number of pyridine rings is 1. The number of aromatic nitrogens is 1. The molecule has 0 aliphatic carbocycles. The van der Waals surface area contributed by atoms with Crippen LogP contribution in [-0.4, -0.2) is 35.6 Å². The molecule has 4 heteroatoms. The quantitative estimate of drug-likeness (QED) is 0.778. The molecule has 26 heavy (non-hydrogen) atoms. The average Bonchev–Trinajstić information content (AvgIpc) is 2.69. The van der Waals surface area contributed by atoms with Gasteiger partial charge in [-0.15, -0.1) is 6.42 Å². The van der Waals surface area contributed by atoms with E-state index in [-0.39, 0.29) is 6.04 Å². The van der Waals surface area contributed by atoms with Crippen molar-refractivity contribution in [2.24, 2.45) is 0 Å². The second-order valence-corrected chi connectivity index (χ2v) is 6.83. The summed E-state index contributed by atoms with van der Waals surface area (Å²) in [5.74, 6) is 3.34. The largest absolute Gasteiger partial charge is 0.481 e. The first-order chi connectivity index (χ1) is 12.7. The SMILES string of the molecule is C#CCOc1cccc(C(C)NC2CCN(Cc3ccccn3)CC2)c1. The Morgan fingerprint density at radius 3 is 2.85 bits per heavy atom. The minimum atomic E-state index is 0.289. The first-order valence-corrected chi connectivity index (χ1v) is 9.29. The molecule has 2 aromatic rings. The molecule has 1 N–H and O–H groups in total. The van der Waals surface area contributed by atoms with Gasteiger partial charge in [0.2, 0.25) is 0 Å². The Balaban J connectivity index is 1.47. The Kier molecular flexibility index (Phi) is 6.65. The highest BCUT2D eigenvalue weighted by Gasteiger charge is 2.21. The Morgan fingerprint density at radius 1 is 1.27 bits per heavy atom. The molecule has 1 aliphatic rings. The predicted octanol–water partition coefficient (Wildman–Crippen LogP) is 3.41. The molecule has 1 unspecified atom stereocenters. The molecule has 1 aliphatic heterocycles. The molecule has 0 spiro atoms. The summed E-state index contributed by atoms with van der Waals surface area (Å²) in [6, 6.07) is 15.1. The van der Waals surface area contributed by atoms with E-state index >= 15 is 0 Å². The van der Waals surface area contributed by atoms with Gasteiger partial charge in [0, 0.05) is 37.9 Å². The fourth-order valence-corrected chi connectivity index (χ4v) is 3.43. The van der Waals surface area contributed by atoms with Crippen LogP contribution < -0.4 is 10.1 Å². The van der Waals surface area contributed by atoms with Crippen molar-refractivity contribution in [3.05, 3.63) is 59.9 Å². The highest BCUT2D eigenvalue weighted by Crippen LogP contribution is 2.22. The predicted molar refractivity (Wildman–Crippen MR) is 105 cm³/mol. The number of terminal acetylenes is 1. The Morgan fingerprint density at radius 2 is 2.12 bits per heavy atom. The molecule has 3 rings (SSSR count). The maximum absolute atomic E-state index is 5.53. The minimum Gasteiger partial charge on any atom is -0.481 e. The third-order valence-electron chi connectivity index (χ3n) is 4.87. The van der Waals surface area contributed by atoms with Crippen LogP contribution in [0.2, 0.25) is 0 Å². The fourth-order valence-electron chi connectivity index (χ4n) is 3.43. The van der Waals surface area contributed by atoms with Crippen molar-refractivity contribution in [1.82, 2.24) is 15.2 Å². The van der Waals surface area contributed by atoms with E-state index in [1.165, 1.54) is 5.56 Å². The molecule has 0 amide bonds. The molecule has 1 saturated heterocycles. The lowest BCUT2D eigenvalue weighted by molar-refractivity contribution is 0.183. The second-order valence-electron chi connectivity index (χ2n) is 6.83. The Hall–Kier alpha value is -2.35. The van der Waals surface area contributed by atoms with Gasteiger partial charge in [0.1, 0.15) is 12.4 Å². The summed E-state index contributed by atoms with van der Waals surface area (Å²) in [4.78, 5) is 6.91. The molecule has 0 saturated carbocycles. The van der Waals surface area contributed by atoms with Crippen LogP contribution in [0.1, 0.15) is 37.1 Å². The van der Waals surface area contributed by atoms with Gasteiger partial charge >= 0.3 is 0 Å². The van der Waals surface area contributed by atoms with Gasteiger partial charge in [0.15, 0.2) is 0 Å². The number of nitrogens with one attached hydrogen (secondary N) is 1. The molecule has 0 bridgehead atoms. The zero-order valence-corrected chi connectivity index (χ0v) is 15.4. The van der Waals surface area contributed by atoms with Gasteiger partial charge in [0.05, 0.1) is 5.69 Å². The van der Waals surface area contributed by atoms with E-state index in [1.54, 1.807) is 0 Å². The lowest BCUT2D eigenvalue weighted by Crippen LogP contribution is -2.43. The van der Waals surface area contributed by atoms with E-state index in [2.05, 4.69) is 52.3 Å². The molecule has 0 radical (unpaired) electrons. The summed E-state index contributed by atoms with van der Waals surface area (Å²) < 4.78 is 5.53. The molecule has 1 aromatic carbocycles. The lowest BCUT2D eigenvalue weighted by Gasteiger charge is -2.33. The molecule has 1 fully saturated rings. The lowest BCUT2D eigenvalue weighted by atomic mass is 10.0. The molecule has 4 nitrogen and oxygen atoms in total. The van der Waals surface area contributed by atoms with Crippen LogP contribution in [0.5, 0.6) is 5.75 Å². The van der Waals surface area contributed by atoms with Crippen molar-refractivity contribution in [2.45, 2.75) is 38.4 Å². The normalized spacial score (nSPS) is 16.8. The monoisotopic (exact) mass is 349 g/mol. The Bertz CT molecular complexity index is 718. The van der Waals surface area contributed by atoms with Crippen molar-refractivity contribution in [1.29, 1.82) is 0 Å². The second kappa shape index (κ2) is 9.38. The minimum absolute atomic E-state index is 0.289. The number of hydrogen-bond donors (Lipinski definition) is 1. The fraction of sp³-hybridized carbons (Fsp3) is 0.409. The number of nitrogens with zero attached hydrogens (tertiary/aromatic N) is 2. The van der Waals surface area contributed by atoms with Crippen molar-refractivity contribution >= 4 is 0 Å². The summed E-state index contributed by atoms with van der Waals surface area (Å²) in [6.07, 6.45) is 9.44. The number of ether oxygens (including phenoxy) is 1. The molecular weight excluding hydrogens is 322 g/mol. The number of likely N-dealkylation sites (tertiary alicyclic amines) is 1. The van der Waals surface area contributed by atoms with Crippen molar-refractivity contribution < 1.29 is 4.74 Å². The van der Waals surface area contributed by atoms with Gasteiger partial charge in [-0.25, -0.2) is 0 Å². The Labute approximate surface area is 156 Å². The van der Waals surface area contributed by atoms with E-state index in [9.17, 15) is 0 Å². The van der Waals surface area contributed by atoms with Gasteiger partial charge in [0.25, 0.3) is 0 Å². The number of hydrogen-bond acceptors (Lipinski definition) is 4. The van der Waals surface area contributed by atoms with Crippen molar-refractivity contribution in [2.75, 3.05) is 19.7 Å². The third kappa shape index (κ3) is 5.32. The van der Waals surface area contributed by atoms with Gasteiger partial charge in [-0.3, -0.25) is 9.88 Å². The zero-order chi connectivity index (χ0) is 18.2. The zero-order valence-electron chi connectivity index (χ0n) is 15.4. The molecule has 2 heterocycles. The average molecular weight is 349 g/mol. The van der Waals surface area contributed by atoms with Crippen LogP contribution >= 0.6 is 0 Å². The summed E-state index contributed by atoms with van der Waals surface area (Å²) in [5.41, 5.74) is 2.38. The van der Waals surface area contributed by atoms with Crippen molar-refractivity contribution in [3.8, 4) is 18.1 Å². The van der Waals surface area contributed by atoms with Gasteiger partial charge in [-0.05, 0) is 49.6 Å². The topological polar surface area (TPSA) is 37.4 Å². The summed E-state index contributed by atoms with van der Waals surface area (Å²) >= 11 is 0. The van der Waals surface area contributed by atoms with Gasteiger partial charge in [-0.1, -0.05) is 24.1 Å². The van der Waals surface area contributed by atoms with E-state index in [4.69, 9.17) is 11.2 Å². The summed E-state index contributed by atoms with van der Waals surface area (Å²) in [7, 11) is 0. The van der Waals surface area contributed by atoms with Crippen LogP contribution in [0, 0.1) is 12.3 Å². The first-order valence-electron chi connectivity index (χ1n) is 9.29. The summed E-state index contributed by atoms with van der Waals surface area (Å²) in [6.45, 7) is 5.66. The van der Waals surface area contributed by atoms with E-state index < -0.39 is 0 Å². The number of rotatable bonds is 7. The van der Waals surface area contributed by atoms with Crippen LogP contribution in [0.3, 0.4) is 0 Å².